The highest BCUT2D eigenvalue weighted by Crippen LogP contribution is 2.31. The molecule has 0 unspecified atom stereocenters. The molecule has 1 aromatic carbocycles. The Morgan fingerprint density at radius 2 is 1.88 bits per heavy atom. The van der Waals surface area contributed by atoms with E-state index in [0.717, 1.165) is 6.07 Å². The van der Waals surface area contributed by atoms with Gasteiger partial charge in [-0.05, 0) is 18.1 Å². The maximum atomic E-state index is 13.1. The topological polar surface area (TPSA) is 90.3 Å². The number of aromatic hydroxyl groups is 1. The zero-order valence-corrected chi connectivity index (χ0v) is 13.7. The van der Waals surface area contributed by atoms with E-state index in [1.165, 1.54) is 12.1 Å². The van der Waals surface area contributed by atoms with E-state index in [1.54, 1.807) is 12.1 Å². The molecule has 1 aromatic heterocycles. The third-order valence-corrected chi connectivity index (χ3v) is 3.45. The van der Waals surface area contributed by atoms with Crippen LogP contribution in [-0.2, 0) is 6.18 Å². The fourth-order valence-corrected chi connectivity index (χ4v) is 2.04. The number of phenols is 1. The van der Waals surface area contributed by atoms with Gasteiger partial charge in [-0.3, -0.25) is 0 Å². The minimum Gasteiger partial charge on any atom is -0.508 e. The summed E-state index contributed by atoms with van der Waals surface area (Å²) in [4.78, 5) is 7.50. The molecule has 0 saturated heterocycles. The van der Waals surface area contributed by atoms with Gasteiger partial charge >= 0.3 is 6.18 Å². The smallest absolute Gasteiger partial charge is 0.433 e. The van der Waals surface area contributed by atoms with Crippen molar-refractivity contribution in [3.8, 4) is 5.75 Å². The molecule has 6 nitrogen and oxygen atoms in total. The average Bonchev–Trinajstić information content (AvgIpc) is 2.51. The number of nitrogens with one attached hydrogen (secondary N) is 2. The average molecular weight is 356 g/mol. The molecule has 0 aliphatic rings. The zero-order chi connectivity index (χ0) is 18.6. The normalized spacial score (nSPS) is 12.9. The van der Waals surface area contributed by atoms with Gasteiger partial charge in [0, 0.05) is 17.8 Å². The number of aliphatic hydroxyl groups is 1. The molecule has 2 aromatic rings. The maximum Gasteiger partial charge on any atom is 0.433 e. The van der Waals surface area contributed by atoms with Gasteiger partial charge in [0.2, 0.25) is 5.95 Å². The summed E-state index contributed by atoms with van der Waals surface area (Å²) >= 11 is 0. The standard InChI is InChI=1S/C16H19F3N4O2/c1-9(2)12(8-24)21-15-22-13(16(17,18)19)7-14(23-15)20-10-4-3-5-11(25)6-10/h3-7,9,12,24-25H,8H2,1-2H3,(H2,20,21,22,23)/t12-/m1/s1. The number of halogens is 3. The van der Waals surface area contributed by atoms with Gasteiger partial charge in [0.05, 0.1) is 12.6 Å². The molecular weight excluding hydrogens is 337 g/mol. The lowest BCUT2D eigenvalue weighted by Crippen LogP contribution is -2.30. The Morgan fingerprint density at radius 1 is 1.16 bits per heavy atom. The molecule has 0 bridgehead atoms. The summed E-state index contributed by atoms with van der Waals surface area (Å²) < 4.78 is 39.3. The Morgan fingerprint density at radius 3 is 2.44 bits per heavy atom. The second kappa shape index (κ2) is 7.56. The van der Waals surface area contributed by atoms with Gasteiger partial charge in [0.15, 0.2) is 5.69 Å². The molecule has 2 rings (SSSR count). The monoisotopic (exact) mass is 356 g/mol. The molecular formula is C16H19F3N4O2. The van der Waals surface area contributed by atoms with Crippen molar-refractivity contribution in [2.24, 2.45) is 5.92 Å². The van der Waals surface area contributed by atoms with Gasteiger partial charge in [-0.2, -0.15) is 18.2 Å². The molecule has 136 valence electrons. The number of aliphatic hydroxyl groups excluding tert-OH is 1. The van der Waals surface area contributed by atoms with Crippen LogP contribution < -0.4 is 10.6 Å². The van der Waals surface area contributed by atoms with E-state index in [4.69, 9.17) is 0 Å². The van der Waals surface area contributed by atoms with Gasteiger partial charge in [-0.25, -0.2) is 4.98 Å². The summed E-state index contributed by atoms with van der Waals surface area (Å²) in [5.41, 5.74) is -0.742. The van der Waals surface area contributed by atoms with Gasteiger partial charge in [0.1, 0.15) is 11.6 Å². The quantitative estimate of drug-likeness (QED) is 0.634. The van der Waals surface area contributed by atoms with Crippen molar-refractivity contribution in [1.82, 2.24) is 9.97 Å². The fourth-order valence-electron chi connectivity index (χ4n) is 2.04. The first-order valence-electron chi connectivity index (χ1n) is 7.58. The zero-order valence-electron chi connectivity index (χ0n) is 13.7. The molecule has 9 heteroatoms. The van der Waals surface area contributed by atoms with Crippen molar-refractivity contribution in [3.63, 3.8) is 0 Å². The minimum atomic E-state index is -4.65. The van der Waals surface area contributed by atoms with Crippen LogP contribution in [0.4, 0.5) is 30.6 Å². The molecule has 1 heterocycles. The number of anilines is 3. The van der Waals surface area contributed by atoms with E-state index in [0.29, 0.717) is 5.69 Å². The van der Waals surface area contributed by atoms with Gasteiger partial charge < -0.3 is 20.8 Å². The summed E-state index contributed by atoms with van der Waals surface area (Å²) in [6.07, 6.45) is -4.65. The number of hydrogen-bond acceptors (Lipinski definition) is 6. The fraction of sp³-hybridized carbons (Fsp3) is 0.375. The van der Waals surface area contributed by atoms with Crippen LogP contribution in [0.25, 0.3) is 0 Å². The maximum absolute atomic E-state index is 13.1. The predicted octanol–water partition coefficient (Wildman–Crippen LogP) is 3.37. The highest BCUT2D eigenvalue weighted by Gasteiger charge is 2.34. The SMILES string of the molecule is CC(C)[C@@H](CO)Nc1nc(Nc2cccc(O)c2)cc(C(F)(F)F)n1. The molecule has 0 radical (unpaired) electrons. The third-order valence-electron chi connectivity index (χ3n) is 3.45. The van der Waals surface area contributed by atoms with Crippen molar-refractivity contribution < 1.29 is 23.4 Å². The number of phenolic OH excluding ortho intramolecular Hbond substituents is 1. The number of rotatable bonds is 6. The van der Waals surface area contributed by atoms with Gasteiger partial charge in [-0.15, -0.1) is 0 Å². The lowest BCUT2D eigenvalue weighted by atomic mass is 10.1. The Hall–Kier alpha value is -2.55. The van der Waals surface area contributed by atoms with Crippen LogP contribution in [0.1, 0.15) is 19.5 Å². The van der Waals surface area contributed by atoms with Gasteiger partial charge in [0.25, 0.3) is 0 Å². The Kier molecular flexibility index (Phi) is 5.68. The van der Waals surface area contributed by atoms with Crippen molar-refractivity contribution in [1.29, 1.82) is 0 Å². The van der Waals surface area contributed by atoms with Crippen LogP contribution in [0.5, 0.6) is 5.75 Å². The Labute approximate surface area is 142 Å². The van der Waals surface area contributed by atoms with E-state index in [2.05, 4.69) is 20.6 Å². The van der Waals surface area contributed by atoms with Crippen molar-refractivity contribution in [3.05, 3.63) is 36.0 Å². The molecule has 25 heavy (non-hydrogen) atoms. The molecule has 1 atom stereocenters. The largest absolute Gasteiger partial charge is 0.508 e. The summed E-state index contributed by atoms with van der Waals surface area (Å²) in [6.45, 7) is 3.35. The lowest BCUT2D eigenvalue weighted by molar-refractivity contribution is -0.141. The van der Waals surface area contributed by atoms with Crippen molar-refractivity contribution in [2.45, 2.75) is 26.1 Å². The van der Waals surface area contributed by atoms with Crippen LogP contribution in [0, 0.1) is 5.92 Å². The Bertz CT molecular complexity index is 723. The number of hydrogen-bond donors (Lipinski definition) is 4. The highest BCUT2D eigenvalue weighted by atomic mass is 19.4. The summed E-state index contributed by atoms with van der Waals surface area (Å²) in [6, 6.07) is 6.20. The lowest BCUT2D eigenvalue weighted by Gasteiger charge is -2.21. The summed E-state index contributed by atoms with van der Waals surface area (Å²) in [7, 11) is 0. The molecule has 0 amide bonds. The second-order valence-electron chi connectivity index (χ2n) is 5.81. The molecule has 0 aliphatic heterocycles. The molecule has 0 fully saturated rings. The van der Waals surface area contributed by atoms with Crippen LogP contribution in [0.2, 0.25) is 0 Å². The number of benzene rings is 1. The van der Waals surface area contributed by atoms with E-state index >= 15 is 0 Å². The minimum absolute atomic E-state index is 0.0337. The van der Waals surface area contributed by atoms with E-state index < -0.39 is 17.9 Å². The van der Waals surface area contributed by atoms with Crippen LogP contribution in [0.3, 0.4) is 0 Å². The summed E-state index contributed by atoms with van der Waals surface area (Å²) in [5.74, 6) is -0.402. The Balaban J connectivity index is 2.36. The van der Waals surface area contributed by atoms with E-state index in [9.17, 15) is 23.4 Å². The van der Waals surface area contributed by atoms with Crippen LogP contribution >= 0.6 is 0 Å². The molecule has 0 aliphatic carbocycles. The van der Waals surface area contributed by atoms with Gasteiger partial charge in [-0.1, -0.05) is 19.9 Å². The first kappa shape index (κ1) is 18.8. The van der Waals surface area contributed by atoms with Crippen LogP contribution in [0.15, 0.2) is 30.3 Å². The predicted molar refractivity (Wildman–Crippen MR) is 87.8 cm³/mol. The van der Waals surface area contributed by atoms with Crippen LogP contribution in [-0.4, -0.2) is 32.8 Å². The third kappa shape index (κ3) is 5.21. The molecule has 4 N–H and O–H groups in total. The van der Waals surface area contributed by atoms with E-state index in [-0.39, 0.29) is 30.0 Å². The molecule has 0 spiro atoms. The van der Waals surface area contributed by atoms with Crippen molar-refractivity contribution in [2.75, 3.05) is 17.2 Å². The van der Waals surface area contributed by atoms with Crippen molar-refractivity contribution >= 4 is 17.5 Å². The summed E-state index contributed by atoms with van der Waals surface area (Å²) in [5, 5.41) is 24.2. The number of aromatic nitrogens is 2. The number of nitrogens with zero attached hydrogens (tertiary/aromatic N) is 2. The second-order valence-corrected chi connectivity index (χ2v) is 5.81. The van der Waals surface area contributed by atoms with E-state index in [1.807, 2.05) is 13.8 Å². The number of alkyl halides is 3. The molecule has 0 saturated carbocycles. The first-order valence-corrected chi connectivity index (χ1v) is 7.58. The first-order chi connectivity index (χ1) is 11.7. The highest BCUT2D eigenvalue weighted by molar-refractivity contribution is 5.59.